The summed E-state index contributed by atoms with van der Waals surface area (Å²) in [5, 5.41) is 3.21. The summed E-state index contributed by atoms with van der Waals surface area (Å²) >= 11 is 0. The van der Waals surface area contributed by atoms with Gasteiger partial charge in [-0.05, 0) is 18.4 Å². The van der Waals surface area contributed by atoms with Crippen molar-refractivity contribution in [3.8, 4) is 0 Å². The first-order valence-corrected chi connectivity index (χ1v) is 8.39. The highest BCUT2D eigenvalue weighted by Crippen LogP contribution is 2.29. The van der Waals surface area contributed by atoms with Crippen molar-refractivity contribution in [2.24, 2.45) is 5.92 Å². The molecule has 1 N–H and O–H groups in total. The molecule has 2 aromatic rings. The van der Waals surface area contributed by atoms with Gasteiger partial charge in [-0.1, -0.05) is 30.3 Å². The molecular weight excluding hydrogens is 345 g/mol. The van der Waals surface area contributed by atoms with E-state index in [4.69, 9.17) is 0 Å². The normalized spacial score (nSPS) is 15.7. The number of piperidine rings is 1. The van der Waals surface area contributed by atoms with Crippen LogP contribution < -0.4 is 10.2 Å². The van der Waals surface area contributed by atoms with E-state index in [9.17, 15) is 18.0 Å². The van der Waals surface area contributed by atoms with Gasteiger partial charge in [0.15, 0.2) is 0 Å². The van der Waals surface area contributed by atoms with Gasteiger partial charge in [-0.2, -0.15) is 13.2 Å². The summed E-state index contributed by atoms with van der Waals surface area (Å²) in [5.41, 5.74) is 1.11. The van der Waals surface area contributed by atoms with Crippen molar-refractivity contribution < 1.29 is 18.0 Å². The predicted molar refractivity (Wildman–Crippen MR) is 91.8 cm³/mol. The van der Waals surface area contributed by atoms with E-state index in [0.717, 1.165) is 5.56 Å². The summed E-state index contributed by atoms with van der Waals surface area (Å²) in [4.78, 5) is 21.6. The van der Waals surface area contributed by atoms with Gasteiger partial charge < -0.3 is 10.2 Å². The third kappa shape index (κ3) is 4.50. The molecule has 1 aromatic carbocycles. The Morgan fingerprint density at radius 3 is 2.50 bits per heavy atom. The van der Waals surface area contributed by atoms with Gasteiger partial charge >= 0.3 is 6.18 Å². The first kappa shape index (κ1) is 18.2. The molecule has 0 spiro atoms. The van der Waals surface area contributed by atoms with Crippen molar-refractivity contribution in [3.63, 3.8) is 0 Å². The maximum absolute atomic E-state index is 12.5. The van der Waals surface area contributed by atoms with Crippen LogP contribution in [0.5, 0.6) is 0 Å². The molecule has 5 nitrogen and oxygen atoms in total. The van der Waals surface area contributed by atoms with Crippen molar-refractivity contribution in [2.45, 2.75) is 25.6 Å². The summed E-state index contributed by atoms with van der Waals surface area (Å²) in [6, 6.07) is 11.6. The van der Waals surface area contributed by atoms with Crippen LogP contribution in [-0.4, -0.2) is 35.0 Å². The maximum atomic E-state index is 12.5. The van der Waals surface area contributed by atoms with Crippen molar-refractivity contribution in [1.29, 1.82) is 0 Å². The average molecular weight is 364 g/mol. The largest absolute Gasteiger partial charge is 0.450 e. The minimum Gasteiger partial charge on any atom is -0.366 e. The van der Waals surface area contributed by atoms with E-state index in [1.165, 1.54) is 6.33 Å². The molecule has 0 bridgehead atoms. The Balaban J connectivity index is 1.58. The Kier molecular flexibility index (Phi) is 5.39. The van der Waals surface area contributed by atoms with Crippen LogP contribution in [0.15, 0.2) is 42.7 Å². The molecule has 0 radical (unpaired) electrons. The van der Waals surface area contributed by atoms with Crippen molar-refractivity contribution in [3.05, 3.63) is 48.3 Å². The van der Waals surface area contributed by atoms with Gasteiger partial charge in [-0.15, -0.1) is 0 Å². The number of carbonyl (C=O) groups excluding carboxylic acids is 1. The van der Waals surface area contributed by atoms with E-state index in [2.05, 4.69) is 15.3 Å². The van der Waals surface area contributed by atoms with Gasteiger partial charge in [0, 0.05) is 31.6 Å². The molecule has 3 rings (SSSR count). The van der Waals surface area contributed by atoms with Gasteiger partial charge in [0.05, 0.1) is 0 Å². The SMILES string of the molecule is O=C(C1CCN(c2cc(NCc3ccccc3)ncn2)CC1)C(F)(F)F. The minimum atomic E-state index is -4.75. The van der Waals surface area contributed by atoms with E-state index in [0.29, 0.717) is 31.3 Å². The molecule has 138 valence electrons. The number of ketones is 1. The molecule has 1 aliphatic rings. The number of benzene rings is 1. The Hall–Kier alpha value is -2.64. The predicted octanol–water partition coefficient (Wildman–Crippen LogP) is 3.44. The topological polar surface area (TPSA) is 58.1 Å². The molecule has 0 amide bonds. The number of aromatic nitrogens is 2. The molecule has 1 aromatic heterocycles. The van der Waals surface area contributed by atoms with Gasteiger partial charge in [-0.3, -0.25) is 4.79 Å². The number of Topliss-reactive ketones (excluding diaryl/α,β-unsaturated/α-hetero) is 1. The molecule has 1 fully saturated rings. The Morgan fingerprint density at radius 2 is 1.85 bits per heavy atom. The molecule has 26 heavy (non-hydrogen) atoms. The number of anilines is 2. The van der Waals surface area contributed by atoms with Gasteiger partial charge in [-0.25, -0.2) is 9.97 Å². The molecule has 0 atom stereocenters. The summed E-state index contributed by atoms with van der Waals surface area (Å²) < 4.78 is 37.6. The Bertz CT molecular complexity index is 744. The molecule has 1 aliphatic heterocycles. The average Bonchev–Trinajstić information content (AvgIpc) is 2.66. The number of alkyl halides is 3. The number of hydrogen-bond acceptors (Lipinski definition) is 5. The first-order chi connectivity index (χ1) is 12.4. The zero-order valence-corrected chi connectivity index (χ0v) is 14.0. The summed E-state index contributed by atoms with van der Waals surface area (Å²) in [5.74, 6) is -1.28. The van der Waals surface area contributed by atoms with Crippen LogP contribution in [0.1, 0.15) is 18.4 Å². The zero-order valence-electron chi connectivity index (χ0n) is 14.0. The van der Waals surface area contributed by atoms with E-state index >= 15 is 0 Å². The van der Waals surface area contributed by atoms with Gasteiger partial charge in [0.25, 0.3) is 0 Å². The van der Waals surface area contributed by atoms with Crippen LogP contribution in [-0.2, 0) is 11.3 Å². The van der Waals surface area contributed by atoms with Crippen molar-refractivity contribution in [1.82, 2.24) is 9.97 Å². The number of nitrogens with zero attached hydrogens (tertiary/aromatic N) is 3. The summed E-state index contributed by atoms with van der Waals surface area (Å²) in [7, 11) is 0. The third-order valence-corrected chi connectivity index (χ3v) is 4.44. The molecule has 8 heteroatoms. The minimum absolute atomic E-state index is 0.176. The molecule has 0 unspecified atom stereocenters. The lowest BCUT2D eigenvalue weighted by Crippen LogP contribution is -2.40. The van der Waals surface area contributed by atoms with E-state index in [1.54, 1.807) is 6.07 Å². The second-order valence-electron chi connectivity index (χ2n) is 6.22. The van der Waals surface area contributed by atoms with Crippen molar-refractivity contribution >= 4 is 17.4 Å². The lowest BCUT2D eigenvalue weighted by Gasteiger charge is -2.32. The molecular formula is C18H19F3N4O. The highest BCUT2D eigenvalue weighted by Gasteiger charge is 2.43. The second-order valence-corrected chi connectivity index (χ2v) is 6.22. The highest BCUT2D eigenvalue weighted by molar-refractivity contribution is 5.86. The molecule has 2 heterocycles. The smallest absolute Gasteiger partial charge is 0.366 e. The van der Waals surface area contributed by atoms with Crippen LogP contribution in [0.4, 0.5) is 24.8 Å². The number of nitrogens with one attached hydrogen (secondary N) is 1. The lowest BCUT2D eigenvalue weighted by atomic mass is 9.92. The van der Waals surface area contributed by atoms with Crippen LogP contribution >= 0.6 is 0 Å². The third-order valence-electron chi connectivity index (χ3n) is 4.44. The Labute approximate surface area is 149 Å². The van der Waals surface area contributed by atoms with Gasteiger partial charge in [0.1, 0.15) is 18.0 Å². The fourth-order valence-corrected chi connectivity index (χ4v) is 3.01. The zero-order chi connectivity index (χ0) is 18.6. The van der Waals surface area contributed by atoms with Crippen molar-refractivity contribution in [2.75, 3.05) is 23.3 Å². The standard InChI is InChI=1S/C18H19F3N4O/c19-18(20,21)17(26)14-6-8-25(9-7-14)16-10-15(23-12-24-16)22-11-13-4-2-1-3-5-13/h1-5,10,12,14H,6-9,11H2,(H,22,23,24). The summed E-state index contributed by atoms with van der Waals surface area (Å²) in [6.07, 6.45) is -2.98. The Morgan fingerprint density at radius 1 is 1.15 bits per heavy atom. The number of carbonyl (C=O) groups is 1. The van der Waals surface area contributed by atoms with Gasteiger partial charge in [0.2, 0.25) is 5.78 Å². The second kappa shape index (κ2) is 7.72. The number of hydrogen-bond donors (Lipinski definition) is 1. The van der Waals surface area contributed by atoms with Crippen LogP contribution in [0.2, 0.25) is 0 Å². The fourth-order valence-electron chi connectivity index (χ4n) is 3.01. The quantitative estimate of drug-likeness (QED) is 0.881. The van der Waals surface area contributed by atoms with E-state index in [1.807, 2.05) is 35.2 Å². The highest BCUT2D eigenvalue weighted by atomic mass is 19.4. The molecule has 1 saturated heterocycles. The summed E-state index contributed by atoms with van der Waals surface area (Å²) in [6.45, 7) is 1.34. The van der Waals surface area contributed by atoms with E-state index < -0.39 is 17.9 Å². The molecule has 0 aliphatic carbocycles. The van der Waals surface area contributed by atoms with Crippen LogP contribution in [0, 0.1) is 5.92 Å². The lowest BCUT2D eigenvalue weighted by molar-refractivity contribution is -0.176. The maximum Gasteiger partial charge on any atom is 0.450 e. The van der Waals surface area contributed by atoms with Crippen LogP contribution in [0.25, 0.3) is 0 Å². The van der Waals surface area contributed by atoms with E-state index in [-0.39, 0.29) is 12.8 Å². The number of rotatable bonds is 5. The van der Waals surface area contributed by atoms with Crippen LogP contribution in [0.3, 0.4) is 0 Å². The molecule has 0 saturated carbocycles. The first-order valence-electron chi connectivity index (χ1n) is 8.39. The monoisotopic (exact) mass is 364 g/mol. The fraction of sp³-hybridized carbons (Fsp3) is 0.389. The number of halogens is 3.